The van der Waals surface area contributed by atoms with Gasteiger partial charge in [-0.1, -0.05) is 66.4 Å². The maximum atomic E-state index is 6.66. The minimum atomic E-state index is -0.417. The van der Waals surface area contributed by atoms with Crippen LogP contribution in [0.15, 0.2) is 108 Å². The summed E-state index contributed by atoms with van der Waals surface area (Å²) in [6, 6.07) is 33.9. The molecular weight excluding hydrogens is 564 g/mol. The first-order chi connectivity index (χ1) is 21.1. The van der Waals surface area contributed by atoms with E-state index in [9.17, 15) is 0 Å². The lowest BCUT2D eigenvalue weighted by Crippen LogP contribution is -2.55. The average molecular weight is 603 g/mol. The van der Waals surface area contributed by atoms with Crippen molar-refractivity contribution < 1.29 is 33.2 Å². The van der Waals surface area contributed by atoms with Crippen LogP contribution in [0.3, 0.4) is 0 Å². The summed E-state index contributed by atoms with van der Waals surface area (Å²) >= 11 is 1.63. The quantitative estimate of drug-likeness (QED) is 0.154. The van der Waals surface area contributed by atoms with Gasteiger partial charge in [-0.05, 0) is 65.2 Å². The zero-order chi connectivity index (χ0) is 29.9. The van der Waals surface area contributed by atoms with Gasteiger partial charge in [-0.2, -0.15) is 0 Å². The third-order valence-electron chi connectivity index (χ3n) is 7.20. The van der Waals surface area contributed by atoms with Crippen molar-refractivity contribution in [3.05, 3.63) is 120 Å². The normalized spacial score (nSPS) is 20.0. The minimum Gasteiger partial charge on any atom is -0.497 e. The largest absolute Gasteiger partial charge is 0.497 e. The Morgan fingerprint density at radius 1 is 0.558 bits per heavy atom. The molecule has 0 spiro atoms. The number of thioether (sulfide) groups is 1. The molecule has 0 aromatic heterocycles. The fourth-order valence-electron chi connectivity index (χ4n) is 4.75. The zero-order valence-corrected chi connectivity index (χ0v) is 25.5. The molecule has 0 N–H and O–H groups in total. The molecule has 4 atom stereocenters. The molecule has 8 heteroatoms. The highest BCUT2D eigenvalue weighted by Crippen LogP contribution is 2.36. The summed E-state index contributed by atoms with van der Waals surface area (Å²) in [6.45, 7) is 1.55. The molecule has 4 aromatic rings. The summed E-state index contributed by atoms with van der Waals surface area (Å²) in [4.78, 5) is 1.09. The van der Waals surface area contributed by atoms with Crippen LogP contribution in [0.2, 0.25) is 0 Å². The van der Waals surface area contributed by atoms with E-state index in [-0.39, 0.29) is 11.5 Å². The Balaban J connectivity index is 1.38. The molecule has 1 heterocycles. The van der Waals surface area contributed by atoms with E-state index in [0.29, 0.717) is 26.4 Å². The summed E-state index contributed by atoms with van der Waals surface area (Å²) in [5.41, 5.74) is 2.79. The van der Waals surface area contributed by atoms with Crippen molar-refractivity contribution in [1.29, 1.82) is 0 Å². The molecule has 0 aliphatic carbocycles. The van der Waals surface area contributed by atoms with E-state index in [2.05, 4.69) is 12.1 Å². The Kier molecular flexibility index (Phi) is 11.4. The maximum absolute atomic E-state index is 6.66. The van der Waals surface area contributed by atoms with Crippen LogP contribution < -0.4 is 14.2 Å². The molecule has 1 aliphatic rings. The Bertz CT molecular complexity index is 1360. The summed E-state index contributed by atoms with van der Waals surface area (Å²) in [7, 11) is 4.98. The topological polar surface area (TPSA) is 64.6 Å². The van der Waals surface area contributed by atoms with Gasteiger partial charge in [0.25, 0.3) is 0 Å². The molecule has 0 radical (unpaired) electrons. The summed E-state index contributed by atoms with van der Waals surface area (Å²) in [6.07, 6.45) is -1.16. The highest BCUT2D eigenvalue weighted by molar-refractivity contribution is 7.99. The lowest BCUT2D eigenvalue weighted by Gasteiger charge is -2.42. The number of benzene rings is 4. The van der Waals surface area contributed by atoms with Gasteiger partial charge >= 0.3 is 0 Å². The maximum Gasteiger partial charge on any atom is 0.136 e. The van der Waals surface area contributed by atoms with Gasteiger partial charge in [0.2, 0.25) is 0 Å². The highest BCUT2D eigenvalue weighted by Gasteiger charge is 2.43. The molecule has 7 nitrogen and oxygen atoms in total. The molecule has 0 amide bonds. The van der Waals surface area contributed by atoms with Crippen molar-refractivity contribution >= 4 is 11.8 Å². The van der Waals surface area contributed by atoms with Crippen molar-refractivity contribution in [1.82, 2.24) is 0 Å². The van der Waals surface area contributed by atoms with Gasteiger partial charge in [0.05, 0.1) is 47.8 Å². The van der Waals surface area contributed by atoms with Gasteiger partial charge in [0, 0.05) is 4.90 Å². The van der Waals surface area contributed by atoms with Crippen LogP contribution in [0.5, 0.6) is 17.2 Å². The second kappa shape index (κ2) is 15.8. The van der Waals surface area contributed by atoms with Crippen LogP contribution in [0.25, 0.3) is 0 Å². The van der Waals surface area contributed by atoms with E-state index in [1.165, 1.54) is 0 Å². The molecule has 1 saturated heterocycles. The van der Waals surface area contributed by atoms with Crippen LogP contribution >= 0.6 is 11.8 Å². The van der Waals surface area contributed by atoms with Crippen molar-refractivity contribution in [2.45, 2.75) is 48.5 Å². The number of methoxy groups -OCH3 is 3. The minimum absolute atomic E-state index is 0.303. The van der Waals surface area contributed by atoms with Gasteiger partial charge < -0.3 is 33.2 Å². The first-order valence-corrected chi connectivity index (χ1v) is 15.1. The Morgan fingerprint density at radius 3 is 1.47 bits per heavy atom. The fourth-order valence-corrected chi connectivity index (χ4v) is 5.85. The monoisotopic (exact) mass is 602 g/mol. The van der Waals surface area contributed by atoms with E-state index in [1.54, 1.807) is 33.1 Å². The lowest BCUT2D eigenvalue weighted by atomic mass is 10.0. The molecular formula is C35H38O7S. The second-order valence-corrected chi connectivity index (χ2v) is 11.2. The smallest absolute Gasteiger partial charge is 0.136 e. The number of ether oxygens (including phenoxy) is 7. The number of rotatable bonds is 14. The Morgan fingerprint density at radius 2 is 1.00 bits per heavy atom. The molecule has 5 rings (SSSR count). The first-order valence-electron chi connectivity index (χ1n) is 14.2. The van der Waals surface area contributed by atoms with Crippen LogP contribution in [0.1, 0.15) is 16.7 Å². The van der Waals surface area contributed by atoms with E-state index < -0.39 is 12.2 Å². The third-order valence-corrected chi connectivity index (χ3v) is 8.39. The van der Waals surface area contributed by atoms with Crippen molar-refractivity contribution in [2.75, 3.05) is 27.9 Å². The van der Waals surface area contributed by atoms with Crippen LogP contribution in [-0.4, -0.2) is 51.7 Å². The fraction of sp³-hybridized carbons (Fsp3) is 0.314. The highest BCUT2D eigenvalue weighted by atomic mass is 32.2. The van der Waals surface area contributed by atoms with Gasteiger partial charge in [-0.25, -0.2) is 0 Å². The Labute approximate surface area is 258 Å². The Hall–Kier alpha value is -3.53. The number of hydrogen-bond acceptors (Lipinski definition) is 8. The third kappa shape index (κ3) is 8.75. The van der Waals surface area contributed by atoms with Gasteiger partial charge in [-0.15, -0.1) is 0 Å². The van der Waals surface area contributed by atoms with E-state index >= 15 is 0 Å². The molecule has 4 aromatic carbocycles. The van der Waals surface area contributed by atoms with Crippen LogP contribution in [0, 0.1) is 0 Å². The van der Waals surface area contributed by atoms with Crippen molar-refractivity contribution in [3.8, 4) is 17.2 Å². The van der Waals surface area contributed by atoms with Crippen LogP contribution in [-0.2, 0) is 38.8 Å². The summed E-state index contributed by atoms with van der Waals surface area (Å²) in [5, 5.41) is 0. The molecule has 0 unspecified atom stereocenters. The standard InChI is InChI=1S/C35H38O7S/c1-36-28-15-9-25(10-16-28)21-39-32-24-42-35(43-31-7-5-4-6-8-31)34(41-23-27-13-19-30(38-3)20-14-27)33(32)40-22-26-11-17-29(37-2)18-12-26/h4-20,32-35H,21-24H2,1-3H3/t32-,33+,34-,35+/m1/s1. The number of hydrogen-bond donors (Lipinski definition) is 0. The molecule has 1 aliphatic heterocycles. The van der Waals surface area contributed by atoms with Crippen molar-refractivity contribution in [2.24, 2.45) is 0 Å². The van der Waals surface area contributed by atoms with Crippen molar-refractivity contribution in [3.63, 3.8) is 0 Å². The lowest BCUT2D eigenvalue weighted by molar-refractivity contribution is -0.220. The molecule has 0 bridgehead atoms. The van der Waals surface area contributed by atoms with E-state index in [1.807, 2.05) is 91.0 Å². The predicted molar refractivity (Wildman–Crippen MR) is 167 cm³/mol. The SMILES string of the molecule is COc1ccc(CO[C@@H]2[C@@H](OCc3ccc(OC)cc3)[C@H](Sc3ccccc3)OC[C@H]2OCc2ccc(OC)cc2)cc1. The average Bonchev–Trinajstić information content (AvgIpc) is 3.07. The second-order valence-electron chi connectivity index (χ2n) is 10.1. The summed E-state index contributed by atoms with van der Waals surface area (Å²) in [5.74, 6) is 2.41. The molecule has 43 heavy (non-hydrogen) atoms. The van der Waals surface area contributed by atoms with Crippen LogP contribution in [0.4, 0.5) is 0 Å². The summed E-state index contributed by atoms with van der Waals surface area (Å²) < 4.78 is 42.2. The van der Waals surface area contributed by atoms with Gasteiger partial charge in [0.15, 0.2) is 0 Å². The van der Waals surface area contributed by atoms with E-state index in [0.717, 1.165) is 38.8 Å². The molecule has 0 saturated carbocycles. The van der Waals surface area contributed by atoms with Gasteiger partial charge in [-0.3, -0.25) is 0 Å². The van der Waals surface area contributed by atoms with Gasteiger partial charge in [0.1, 0.15) is 41.0 Å². The molecule has 226 valence electrons. The predicted octanol–water partition coefficient (Wildman–Crippen LogP) is 6.92. The molecule has 1 fully saturated rings. The van der Waals surface area contributed by atoms with E-state index in [4.69, 9.17) is 33.2 Å². The zero-order valence-electron chi connectivity index (χ0n) is 24.7. The first kappa shape index (κ1) is 30.9.